The SMILES string of the molecule is COC(=O)N[C@H](C(=O)N1CCC[C@H]1c1cc2cc(C3C=CCC3)ccc2[nH]1)C(C)C. The predicted molar refractivity (Wildman–Crippen MR) is 117 cm³/mol. The lowest BCUT2D eigenvalue weighted by molar-refractivity contribution is -0.135. The average molecular weight is 410 g/mol. The summed E-state index contributed by atoms with van der Waals surface area (Å²) in [5.41, 5.74) is 3.52. The Balaban J connectivity index is 1.57. The maximum absolute atomic E-state index is 13.3. The zero-order valence-electron chi connectivity index (χ0n) is 18.0. The van der Waals surface area contributed by atoms with Gasteiger partial charge in [0.2, 0.25) is 5.91 Å². The third-order valence-corrected chi connectivity index (χ3v) is 6.39. The van der Waals surface area contributed by atoms with E-state index in [-0.39, 0.29) is 17.9 Å². The van der Waals surface area contributed by atoms with E-state index in [9.17, 15) is 9.59 Å². The third kappa shape index (κ3) is 3.95. The number of fused-ring (bicyclic) bond motifs is 1. The van der Waals surface area contributed by atoms with Gasteiger partial charge in [-0.1, -0.05) is 32.1 Å². The van der Waals surface area contributed by atoms with E-state index in [2.05, 4.69) is 46.7 Å². The Kier molecular flexibility index (Phi) is 5.84. The summed E-state index contributed by atoms with van der Waals surface area (Å²) in [6.07, 6.45) is 8.18. The Morgan fingerprint density at radius 2 is 2.07 bits per heavy atom. The van der Waals surface area contributed by atoms with Gasteiger partial charge in [-0.2, -0.15) is 0 Å². The summed E-state index contributed by atoms with van der Waals surface area (Å²) in [5.74, 6) is 0.435. The van der Waals surface area contributed by atoms with Crippen molar-refractivity contribution in [2.75, 3.05) is 13.7 Å². The van der Waals surface area contributed by atoms with Crippen molar-refractivity contribution in [3.8, 4) is 0 Å². The number of rotatable bonds is 5. The van der Waals surface area contributed by atoms with Crippen LogP contribution in [-0.4, -0.2) is 41.6 Å². The number of hydrogen-bond donors (Lipinski definition) is 2. The Labute approximate surface area is 177 Å². The van der Waals surface area contributed by atoms with Crippen LogP contribution in [0.25, 0.3) is 10.9 Å². The summed E-state index contributed by atoms with van der Waals surface area (Å²) in [6.45, 7) is 4.57. The van der Waals surface area contributed by atoms with Gasteiger partial charge >= 0.3 is 6.09 Å². The molecule has 1 aliphatic heterocycles. The minimum atomic E-state index is -0.594. The molecule has 160 valence electrons. The zero-order valence-corrected chi connectivity index (χ0v) is 18.0. The van der Waals surface area contributed by atoms with Gasteiger partial charge in [0, 0.05) is 29.1 Å². The van der Waals surface area contributed by atoms with Gasteiger partial charge in [0.05, 0.1) is 13.2 Å². The third-order valence-electron chi connectivity index (χ3n) is 6.39. The van der Waals surface area contributed by atoms with Crippen molar-refractivity contribution >= 4 is 22.9 Å². The lowest BCUT2D eigenvalue weighted by Crippen LogP contribution is -2.51. The maximum atomic E-state index is 13.3. The highest BCUT2D eigenvalue weighted by molar-refractivity contribution is 5.87. The standard InChI is InChI=1S/C24H31N3O3/c1-15(2)22(26-24(29)30-3)23(28)27-12-6-9-21(27)20-14-18-13-17(10-11-19(18)25-20)16-7-4-5-8-16/h4,7,10-11,13-16,21-22,25H,5-6,8-9,12H2,1-3H3,(H,26,29)/t16?,21-,22-/m0/s1. The smallest absolute Gasteiger partial charge is 0.407 e. The number of benzene rings is 1. The van der Waals surface area contributed by atoms with E-state index in [1.807, 2.05) is 18.7 Å². The number of H-pyrrole nitrogens is 1. The predicted octanol–water partition coefficient (Wildman–Crippen LogP) is 4.65. The number of allylic oxidation sites excluding steroid dienone is 2. The largest absolute Gasteiger partial charge is 0.453 e. The number of carbonyl (C=O) groups is 2. The summed E-state index contributed by atoms with van der Waals surface area (Å²) in [4.78, 5) is 30.5. The molecule has 4 rings (SSSR count). The van der Waals surface area contributed by atoms with Crippen molar-refractivity contribution < 1.29 is 14.3 Å². The Morgan fingerprint density at radius 3 is 2.77 bits per heavy atom. The highest BCUT2D eigenvalue weighted by Crippen LogP contribution is 2.36. The molecular weight excluding hydrogens is 378 g/mol. The van der Waals surface area contributed by atoms with Crippen LogP contribution < -0.4 is 5.32 Å². The molecule has 0 bridgehead atoms. The van der Waals surface area contributed by atoms with E-state index in [1.165, 1.54) is 24.5 Å². The van der Waals surface area contributed by atoms with Crippen LogP contribution in [0, 0.1) is 5.92 Å². The van der Waals surface area contributed by atoms with Gasteiger partial charge in [-0.05, 0) is 55.4 Å². The quantitative estimate of drug-likeness (QED) is 0.706. The van der Waals surface area contributed by atoms with Crippen molar-refractivity contribution in [1.29, 1.82) is 0 Å². The molecule has 6 heteroatoms. The molecule has 2 heterocycles. The number of nitrogens with zero attached hydrogens (tertiary/aromatic N) is 1. The van der Waals surface area contributed by atoms with E-state index < -0.39 is 12.1 Å². The number of amides is 2. The topological polar surface area (TPSA) is 74.4 Å². The van der Waals surface area contributed by atoms with Crippen LogP contribution in [0.1, 0.15) is 62.7 Å². The van der Waals surface area contributed by atoms with E-state index in [4.69, 9.17) is 4.74 Å². The van der Waals surface area contributed by atoms with E-state index in [0.717, 1.165) is 30.5 Å². The highest BCUT2D eigenvalue weighted by atomic mass is 16.5. The molecule has 2 aromatic rings. The number of hydrogen-bond acceptors (Lipinski definition) is 3. The molecule has 0 saturated carbocycles. The Bertz CT molecular complexity index is 962. The second kappa shape index (κ2) is 8.54. The van der Waals surface area contributed by atoms with E-state index >= 15 is 0 Å². The molecule has 2 amide bonds. The number of carbonyl (C=O) groups excluding carboxylic acids is 2. The number of ether oxygens (including phenoxy) is 1. The van der Waals surface area contributed by atoms with Crippen LogP contribution in [0.15, 0.2) is 36.4 Å². The van der Waals surface area contributed by atoms with E-state index in [0.29, 0.717) is 12.5 Å². The average Bonchev–Trinajstić information content (AvgIpc) is 3.49. The number of aromatic nitrogens is 1. The fourth-order valence-corrected chi connectivity index (χ4v) is 4.73. The number of nitrogens with one attached hydrogen (secondary N) is 2. The molecule has 1 saturated heterocycles. The summed E-state index contributed by atoms with van der Waals surface area (Å²) >= 11 is 0. The molecule has 0 radical (unpaired) electrons. The monoisotopic (exact) mass is 409 g/mol. The van der Waals surface area contributed by atoms with Crippen LogP contribution >= 0.6 is 0 Å². The van der Waals surface area contributed by atoms with Gasteiger partial charge in [0.25, 0.3) is 0 Å². The number of methoxy groups -OCH3 is 1. The number of aromatic amines is 1. The first-order valence-corrected chi connectivity index (χ1v) is 10.9. The molecule has 0 spiro atoms. The van der Waals surface area contributed by atoms with Crippen molar-refractivity contribution in [2.45, 2.75) is 57.5 Å². The van der Waals surface area contributed by atoms with Crippen molar-refractivity contribution in [1.82, 2.24) is 15.2 Å². The molecular formula is C24H31N3O3. The van der Waals surface area contributed by atoms with Gasteiger partial charge in [0.15, 0.2) is 0 Å². The first-order valence-electron chi connectivity index (χ1n) is 10.9. The lowest BCUT2D eigenvalue weighted by atomic mass is 9.97. The molecule has 3 atom stereocenters. The fraction of sp³-hybridized carbons (Fsp3) is 0.500. The van der Waals surface area contributed by atoms with Gasteiger partial charge in [-0.25, -0.2) is 4.79 Å². The molecule has 1 fully saturated rings. The molecule has 1 aliphatic carbocycles. The minimum absolute atomic E-state index is 0.000392. The van der Waals surface area contributed by atoms with Gasteiger partial charge in [0.1, 0.15) is 6.04 Å². The maximum Gasteiger partial charge on any atom is 0.407 e. The molecule has 1 unspecified atom stereocenters. The molecule has 6 nitrogen and oxygen atoms in total. The summed E-state index contributed by atoms with van der Waals surface area (Å²) in [6, 6.07) is 8.22. The van der Waals surface area contributed by atoms with Crippen LogP contribution in [0.2, 0.25) is 0 Å². The van der Waals surface area contributed by atoms with Gasteiger partial charge in [-0.3, -0.25) is 4.79 Å². The molecule has 1 aromatic heterocycles. The fourth-order valence-electron chi connectivity index (χ4n) is 4.73. The Morgan fingerprint density at radius 1 is 1.23 bits per heavy atom. The molecule has 30 heavy (non-hydrogen) atoms. The van der Waals surface area contributed by atoms with Crippen LogP contribution in [0.3, 0.4) is 0 Å². The van der Waals surface area contributed by atoms with Gasteiger partial charge < -0.3 is 19.9 Å². The van der Waals surface area contributed by atoms with Crippen LogP contribution in [0.4, 0.5) is 4.79 Å². The summed E-state index contributed by atoms with van der Waals surface area (Å²) in [5, 5.41) is 3.90. The van der Waals surface area contributed by atoms with Crippen molar-refractivity contribution in [3.05, 3.63) is 47.7 Å². The molecule has 2 aliphatic rings. The normalized spacial score (nSPS) is 22.1. The van der Waals surface area contributed by atoms with Crippen LogP contribution in [0.5, 0.6) is 0 Å². The first-order chi connectivity index (χ1) is 14.5. The number of likely N-dealkylation sites (tertiary alicyclic amines) is 1. The van der Waals surface area contributed by atoms with Crippen LogP contribution in [-0.2, 0) is 9.53 Å². The number of alkyl carbamates (subject to hydrolysis) is 1. The van der Waals surface area contributed by atoms with Crippen molar-refractivity contribution in [2.24, 2.45) is 5.92 Å². The Hall–Kier alpha value is -2.76. The minimum Gasteiger partial charge on any atom is -0.453 e. The van der Waals surface area contributed by atoms with Crippen molar-refractivity contribution in [3.63, 3.8) is 0 Å². The second-order valence-corrected chi connectivity index (χ2v) is 8.73. The molecule has 2 N–H and O–H groups in total. The van der Waals surface area contributed by atoms with Gasteiger partial charge in [-0.15, -0.1) is 0 Å². The highest BCUT2D eigenvalue weighted by Gasteiger charge is 2.36. The summed E-state index contributed by atoms with van der Waals surface area (Å²) in [7, 11) is 1.32. The lowest BCUT2D eigenvalue weighted by Gasteiger charge is -2.30. The summed E-state index contributed by atoms with van der Waals surface area (Å²) < 4.78 is 4.72. The zero-order chi connectivity index (χ0) is 21.3. The first kappa shape index (κ1) is 20.5. The van der Waals surface area contributed by atoms with E-state index in [1.54, 1.807) is 0 Å². The second-order valence-electron chi connectivity index (χ2n) is 8.73. The molecule has 1 aromatic carbocycles.